The molecule has 1 aliphatic heterocycles. The van der Waals surface area contributed by atoms with Crippen LogP contribution in [0.5, 0.6) is 5.75 Å². The minimum atomic E-state index is -3.83. The maximum Gasteiger partial charge on any atom is 0.317 e. The van der Waals surface area contributed by atoms with Gasteiger partial charge in [-0.15, -0.1) is 0 Å². The molecule has 38 heavy (non-hydrogen) atoms. The molecule has 0 aromatic heterocycles. The lowest BCUT2D eigenvalue weighted by molar-refractivity contribution is -0.134. The molecule has 0 unspecified atom stereocenters. The molecule has 0 spiro atoms. The van der Waals surface area contributed by atoms with Crippen molar-refractivity contribution in [1.29, 1.82) is 0 Å². The topological polar surface area (TPSA) is 128 Å². The summed E-state index contributed by atoms with van der Waals surface area (Å²) in [6.45, 7) is 7.85. The number of carbonyl (C=O) groups excluding carboxylic acids is 2. The highest BCUT2D eigenvalue weighted by atomic mass is 32.2. The molecule has 0 radical (unpaired) electrons. The Bertz CT molecular complexity index is 1220. The number of carbonyl (C=O) groups is 2. The molecule has 0 saturated carbocycles. The number of nitrogens with one attached hydrogen (secondary N) is 2. The Hall–Kier alpha value is -3.31. The summed E-state index contributed by atoms with van der Waals surface area (Å²) in [6.07, 6.45) is -0.508. The highest BCUT2D eigenvalue weighted by Crippen LogP contribution is 2.30. The van der Waals surface area contributed by atoms with Crippen LogP contribution < -0.4 is 14.8 Å². The van der Waals surface area contributed by atoms with Crippen LogP contribution in [0.3, 0.4) is 0 Å². The molecule has 11 heteroatoms. The third kappa shape index (κ3) is 7.38. The summed E-state index contributed by atoms with van der Waals surface area (Å²) >= 11 is 0. The number of fused-ring (bicyclic) bond motifs is 1. The number of aliphatic hydroxyl groups excluding tert-OH is 1. The second kappa shape index (κ2) is 12.5. The summed E-state index contributed by atoms with van der Waals surface area (Å²) in [4.78, 5) is 29.2. The van der Waals surface area contributed by atoms with Crippen molar-refractivity contribution < 1.29 is 27.9 Å². The Morgan fingerprint density at radius 2 is 1.87 bits per heavy atom. The lowest BCUT2D eigenvalue weighted by Gasteiger charge is -2.34. The van der Waals surface area contributed by atoms with E-state index in [1.807, 2.05) is 20.8 Å². The number of hydrogen-bond donors (Lipinski definition) is 3. The monoisotopic (exact) mass is 546 g/mol. The molecule has 3 amide bonds. The van der Waals surface area contributed by atoms with Crippen LogP contribution in [-0.2, 0) is 21.2 Å². The fraction of sp³-hybridized carbons (Fsp3) is 0.481. The molecule has 1 aliphatic rings. The number of aliphatic hydroxyl groups is 1. The highest BCUT2D eigenvalue weighted by Gasteiger charge is 2.32. The highest BCUT2D eigenvalue weighted by molar-refractivity contribution is 7.92. The Morgan fingerprint density at radius 3 is 2.50 bits per heavy atom. The van der Waals surface area contributed by atoms with Crippen LogP contribution in [0.15, 0.2) is 53.4 Å². The van der Waals surface area contributed by atoms with Crippen molar-refractivity contribution in [2.24, 2.45) is 5.92 Å². The molecule has 2 aromatic rings. The fourth-order valence-corrected chi connectivity index (χ4v) is 5.31. The summed E-state index contributed by atoms with van der Waals surface area (Å²) < 4.78 is 34.7. The second-order valence-corrected chi connectivity index (χ2v) is 11.8. The molecule has 0 saturated heterocycles. The standard InChI is InChI=1S/C27H38N4O6S/c1-18(2)28-27(34)30(5)16-25-19(3)15-31(20(4)17-32)26(33)14-21-13-22(11-12-24(21)37-25)29-38(35,36)23-9-7-6-8-10-23/h6-13,18-20,25,29,32H,14-17H2,1-5H3,(H,28,34)/t19-,20+,25-/m0/s1. The van der Waals surface area contributed by atoms with Crippen molar-refractivity contribution in [2.75, 3.05) is 31.5 Å². The van der Waals surface area contributed by atoms with E-state index in [4.69, 9.17) is 4.74 Å². The Balaban J connectivity index is 1.95. The number of amides is 3. The van der Waals surface area contributed by atoms with Gasteiger partial charge in [-0.2, -0.15) is 0 Å². The molecular formula is C27H38N4O6S. The molecule has 0 fully saturated rings. The van der Waals surface area contributed by atoms with E-state index in [0.29, 0.717) is 23.5 Å². The van der Waals surface area contributed by atoms with E-state index >= 15 is 0 Å². The molecule has 1 heterocycles. The predicted octanol–water partition coefficient (Wildman–Crippen LogP) is 2.69. The van der Waals surface area contributed by atoms with Gasteiger partial charge in [-0.1, -0.05) is 25.1 Å². The van der Waals surface area contributed by atoms with Gasteiger partial charge in [0.15, 0.2) is 0 Å². The van der Waals surface area contributed by atoms with E-state index in [0.717, 1.165) is 0 Å². The first kappa shape index (κ1) is 29.2. The van der Waals surface area contributed by atoms with E-state index < -0.39 is 22.2 Å². The van der Waals surface area contributed by atoms with Gasteiger partial charge in [0.05, 0.1) is 30.5 Å². The molecule has 0 bridgehead atoms. The average molecular weight is 547 g/mol. The largest absolute Gasteiger partial charge is 0.488 e. The van der Waals surface area contributed by atoms with Crippen LogP contribution in [0.2, 0.25) is 0 Å². The van der Waals surface area contributed by atoms with Crippen molar-refractivity contribution in [2.45, 2.75) is 57.2 Å². The summed E-state index contributed by atoms with van der Waals surface area (Å²) in [5.74, 6) is 0.0522. The third-order valence-electron chi connectivity index (χ3n) is 6.43. The van der Waals surface area contributed by atoms with E-state index in [1.165, 1.54) is 12.1 Å². The van der Waals surface area contributed by atoms with Crippen molar-refractivity contribution in [3.05, 3.63) is 54.1 Å². The first-order valence-corrected chi connectivity index (χ1v) is 14.2. The first-order valence-electron chi connectivity index (χ1n) is 12.7. The van der Waals surface area contributed by atoms with E-state index in [9.17, 15) is 23.1 Å². The van der Waals surface area contributed by atoms with E-state index in [2.05, 4.69) is 10.0 Å². The fourth-order valence-electron chi connectivity index (χ4n) is 4.23. The van der Waals surface area contributed by atoms with Gasteiger partial charge in [-0.05, 0) is 51.1 Å². The van der Waals surface area contributed by atoms with Crippen molar-refractivity contribution in [3.8, 4) is 5.75 Å². The molecule has 2 aromatic carbocycles. The predicted molar refractivity (Wildman–Crippen MR) is 146 cm³/mol. The molecule has 10 nitrogen and oxygen atoms in total. The summed E-state index contributed by atoms with van der Waals surface area (Å²) in [5, 5.41) is 12.7. The number of urea groups is 1. The number of ether oxygens (including phenoxy) is 1. The van der Waals surface area contributed by atoms with Crippen LogP contribution in [0.25, 0.3) is 0 Å². The zero-order chi connectivity index (χ0) is 28.0. The zero-order valence-electron chi connectivity index (χ0n) is 22.5. The average Bonchev–Trinajstić information content (AvgIpc) is 2.91. The van der Waals surface area contributed by atoms with Crippen molar-refractivity contribution in [1.82, 2.24) is 15.1 Å². The van der Waals surface area contributed by atoms with Gasteiger partial charge in [0.25, 0.3) is 10.0 Å². The Kier molecular flexibility index (Phi) is 9.61. The van der Waals surface area contributed by atoms with Crippen LogP contribution >= 0.6 is 0 Å². The number of benzene rings is 2. The van der Waals surface area contributed by atoms with Gasteiger partial charge < -0.3 is 25.0 Å². The Labute approximate surface area is 225 Å². The molecule has 0 aliphatic carbocycles. The lowest BCUT2D eigenvalue weighted by Crippen LogP contribution is -2.49. The lowest BCUT2D eigenvalue weighted by atomic mass is 10.0. The number of anilines is 1. The maximum atomic E-state index is 13.4. The molecule has 208 valence electrons. The number of nitrogens with zero attached hydrogens (tertiary/aromatic N) is 2. The first-order chi connectivity index (χ1) is 17.9. The smallest absolute Gasteiger partial charge is 0.317 e. The van der Waals surface area contributed by atoms with E-state index in [1.54, 1.807) is 60.2 Å². The van der Waals surface area contributed by atoms with Crippen molar-refractivity contribution >= 4 is 27.6 Å². The third-order valence-corrected chi connectivity index (χ3v) is 7.83. The van der Waals surface area contributed by atoms with Gasteiger partial charge in [0.1, 0.15) is 11.9 Å². The SMILES string of the molecule is CC(C)NC(=O)N(C)C[C@@H]1Oc2ccc(NS(=O)(=O)c3ccccc3)cc2CC(=O)N([C@H](C)CO)C[C@@H]1C. The zero-order valence-corrected chi connectivity index (χ0v) is 23.4. The van der Waals surface area contributed by atoms with Crippen LogP contribution in [0, 0.1) is 5.92 Å². The van der Waals surface area contributed by atoms with Crippen molar-refractivity contribution in [3.63, 3.8) is 0 Å². The molecule has 3 rings (SSSR count). The molecule has 3 N–H and O–H groups in total. The van der Waals surface area contributed by atoms with E-state index in [-0.39, 0.29) is 48.4 Å². The van der Waals surface area contributed by atoms with Gasteiger partial charge in [0, 0.05) is 36.8 Å². The number of sulfonamides is 1. The minimum Gasteiger partial charge on any atom is -0.488 e. The van der Waals surface area contributed by atoms with Crippen LogP contribution in [-0.4, -0.2) is 80.2 Å². The summed E-state index contributed by atoms with van der Waals surface area (Å²) in [7, 11) is -2.15. The normalized spacial score (nSPS) is 18.9. The molecule has 3 atom stereocenters. The van der Waals surface area contributed by atoms with Gasteiger partial charge in [0.2, 0.25) is 5.91 Å². The number of likely N-dealkylation sites (N-methyl/N-ethyl adjacent to an activating group) is 1. The van der Waals surface area contributed by atoms with Crippen LogP contribution in [0.4, 0.5) is 10.5 Å². The van der Waals surface area contributed by atoms with Gasteiger partial charge >= 0.3 is 6.03 Å². The maximum absolute atomic E-state index is 13.4. The van der Waals surface area contributed by atoms with Gasteiger partial charge in [-0.25, -0.2) is 13.2 Å². The second-order valence-electron chi connectivity index (χ2n) is 10.1. The summed E-state index contributed by atoms with van der Waals surface area (Å²) in [5.41, 5.74) is 0.801. The molecular weight excluding hydrogens is 508 g/mol. The van der Waals surface area contributed by atoms with Crippen LogP contribution in [0.1, 0.15) is 33.3 Å². The number of hydrogen-bond acceptors (Lipinski definition) is 6. The van der Waals surface area contributed by atoms with Gasteiger partial charge in [-0.3, -0.25) is 9.52 Å². The minimum absolute atomic E-state index is 0.0267. The Morgan fingerprint density at radius 1 is 1.18 bits per heavy atom. The quantitative estimate of drug-likeness (QED) is 0.467. The number of rotatable bonds is 8. The summed E-state index contributed by atoms with van der Waals surface area (Å²) in [6, 6.07) is 12.2.